The van der Waals surface area contributed by atoms with Gasteiger partial charge in [0.1, 0.15) is 0 Å². The second-order valence-electron chi connectivity index (χ2n) is 4.92. The van der Waals surface area contributed by atoms with E-state index in [4.69, 9.17) is 16.5 Å². The van der Waals surface area contributed by atoms with Crippen molar-refractivity contribution in [3.05, 3.63) is 0 Å². The molecule has 0 aliphatic heterocycles. The summed E-state index contributed by atoms with van der Waals surface area (Å²) >= 11 is 5.24. The molecular weight excluding hydrogens is 228 g/mol. The van der Waals surface area contributed by atoms with Gasteiger partial charge in [0, 0.05) is 0 Å². The third kappa shape index (κ3) is 3.17. The van der Waals surface area contributed by atoms with Crippen LogP contribution in [0.5, 0.6) is 0 Å². The van der Waals surface area contributed by atoms with E-state index in [0.717, 1.165) is 19.3 Å². The molecule has 0 bridgehead atoms. The van der Waals surface area contributed by atoms with Crippen molar-refractivity contribution in [2.75, 3.05) is 6.61 Å². The first-order chi connectivity index (χ1) is 7.51. The lowest BCUT2D eigenvalue weighted by Crippen LogP contribution is -2.39. The van der Waals surface area contributed by atoms with Gasteiger partial charge in [0.2, 0.25) is 0 Å². The molecule has 0 saturated heterocycles. The van der Waals surface area contributed by atoms with E-state index in [1.807, 2.05) is 6.92 Å². The van der Waals surface area contributed by atoms with Crippen molar-refractivity contribution in [1.82, 2.24) is 0 Å². The van der Waals surface area contributed by atoms with Gasteiger partial charge in [-0.05, 0) is 31.6 Å². The summed E-state index contributed by atoms with van der Waals surface area (Å²) in [5.74, 6) is -0.122. The molecule has 0 spiro atoms. The lowest BCUT2D eigenvalue weighted by Gasteiger charge is -2.39. The van der Waals surface area contributed by atoms with E-state index >= 15 is 0 Å². The van der Waals surface area contributed by atoms with Crippen molar-refractivity contribution in [3.8, 4) is 0 Å². The van der Waals surface area contributed by atoms with Gasteiger partial charge in [-0.2, -0.15) is 5.11 Å². The minimum absolute atomic E-state index is 0.0331. The fourth-order valence-corrected chi connectivity index (χ4v) is 2.56. The van der Waals surface area contributed by atoms with Crippen molar-refractivity contribution in [1.29, 1.82) is 0 Å². The van der Waals surface area contributed by atoms with Crippen LogP contribution in [0.4, 0.5) is 0 Å². The Labute approximate surface area is 102 Å². The van der Waals surface area contributed by atoms with Gasteiger partial charge in [-0.15, -0.1) is 0 Å². The highest BCUT2D eigenvalue weighted by Crippen LogP contribution is 2.42. The third-order valence-electron chi connectivity index (χ3n) is 3.27. The molecule has 0 amide bonds. The number of hydrogen-bond donors (Lipinski definition) is 0. The molecule has 0 aromatic heterocycles. The maximum absolute atomic E-state index is 11.8. The van der Waals surface area contributed by atoms with Crippen molar-refractivity contribution in [2.45, 2.75) is 46.1 Å². The standard InChI is InChI=1S/C11H19ClN2O2/c1-4-16-10(15)9-6-5-8(13-14-12)7-11(9,2)3/h8-9H,4-7H2,1-3H3/b14-13+/t8-,9+/m0/s1. The van der Waals surface area contributed by atoms with Crippen LogP contribution in [0.2, 0.25) is 0 Å². The largest absolute Gasteiger partial charge is 0.466 e. The van der Waals surface area contributed by atoms with Crippen molar-refractivity contribution >= 4 is 17.7 Å². The molecular formula is C11H19ClN2O2. The highest BCUT2D eigenvalue weighted by atomic mass is 35.5. The van der Waals surface area contributed by atoms with Crippen LogP contribution in [0.25, 0.3) is 0 Å². The molecule has 1 fully saturated rings. The van der Waals surface area contributed by atoms with E-state index in [1.165, 1.54) is 0 Å². The van der Waals surface area contributed by atoms with E-state index in [9.17, 15) is 4.79 Å². The first-order valence-electron chi connectivity index (χ1n) is 5.69. The molecule has 0 heterocycles. The number of ether oxygens (including phenoxy) is 1. The number of rotatable bonds is 3. The van der Waals surface area contributed by atoms with Crippen molar-refractivity contribution in [2.24, 2.45) is 21.1 Å². The van der Waals surface area contributed by atoms with Crippen LogP contribution in [0.15, 0.2) is 9.75 Å². The fraction of sp³-hybridized carbons (Fsp3) is 0.909. The van der Waals surface area contributed by atoms with E-state index < -0.39 is 0 Å². The molecule has 4 nitrogen and oxygen atoms in total. The molecule has 0 aromatic carbocycles. The quantitative estimate of drug-likeness (QED) is 0.566. The van der Waals surface area contributed by atoms with Gasteiger partial charge in [-0.3, -0.25) is 4.79 Å². The number of esters is 1. The van der Waals surface area contributed by atoms with Gasteiger partial charge in [0.05, 0.1) is 30.3 Å². The van der Waals surface area contributed by atoms with Gasteiger partial charge < -0.3 is 4.74 Å². The molecule has 1 rings (SSSR count). The van der Waals surface area contributed by atoms with Crippen LogP contribution < -0.4 is 0 Å². The van der Waals surface area contributed by atoms with Gasteiger partial charge in [0.25, 0.3) is 0 Å². The Morgan fingerprint density at radius 1 is 1.50 bits per heavy atom. The Morgan fingerprint density at radius 3 is 2.69 bits per heavy atom. The smallest absolute Gasteiger partial charge is 0.309 e. The van der Waals surface area contributed by atoms with Gasteiger partial charge >= 0.3 is 5.97 Å². The molecule has 1 saturated carbocycles. The van der Waals surface area contributed by atoms with Crippen LogP contribution in [-0.2, 0) is 9.53 Å². The maximum atomic E-state index is 11.8. The van der Waals surface area contributed by atoms with Crippen LogP contribution in [0.3, 0.4) is 0 Å². The summed E-state index contributed by atoms with van der Waals surface area (Å²) in [6.07, 6.45) is 2.47. The average molecular weight is 247 g/mol. The average Bonchev–Trinajstić information content (AvgIpc) is 2.17. The van der Waals surface area contributed by atoms with E-state index in [2.05, 4.69) is 23.6 Å². The van der Waals surface area contributed by atoms with Crippen LogP contribution in [0, 0.1) is 11.3 Å². The summed E-state index contributed by atoms with van der Waals surface area (Å²) in [4.78, 5) is 11.8. The highest BCUT2D eigenvalue weighted by Gasteiger charge is 2.41. The number of hydrogen-bond acceptors (Lipinski definition) is 4. The van der Waals surface area contributed by atoms with E-state index in [0.29, 0.717) is 6.61 Å². The van der Waals surface area contributed by atoms with E-state index in [-0.39, 0.29) is 23.3 Å². The Balaban J connectivity index is 2.66. The third-order valence-corrected chi connectivity index (χ3v) is 3.36. The van der Waals surface area contributed by atoms with Crippen LogP contribution >= 0.6 is 11.8 Å². The summed E-state index contributed by atoms with van der Waals surface area (Å²) in [6, 6.07) is 0.137. The summed E-state index contributed by atoms with van der Waals surface area (Å²) in [7, 11) is 0. The number of carbonyl (C=O) groups excluding carboxylic acids is 1. The fourth-order valence-electron chi connectivity index (χ4n) is 2.44. The molecule has 2 atom stereocenters. The molecule has 0 radical (unpaired) electrons. The first-order valence-corrected chi connectivity index (χ1v) is 6.02. The summed E-state index contributed by atoms with van der Waals surface area (Å²) < 4.78 is 8.41. The lowest BCUT2D eigenvalue weighted by molar-refractivity contribution is -0.154. The zero-order valence-electron chi connectivity index (χ0n) is 10.1. The highest BCUT2D eigenvalue weighted by molar-refractivity contribution is 6.13. The second-order valence-corrected chi connectivity index (χ2v) is 5.07. The minimum atomic E-state index is -0.0970. The zero-order chi connectivity index (χ0) is 12.2. The summed E-state index contributed by atoms with van der Waals surface area (Å²) in [5, 5.41) is 3.96. The summed E-state index contributed by atoms with van der Waals surface area (Å²) in [6.45, 7) is 6.42. The number of nitrogens with zero attached hydrogens (tertiary/aromatic N) is 2. The SMILES string of the molecule is CCOC(=O)[C@H]1CC[C@H](/N=N/Cl)CC1(C)C. The van der Waals surface area contributed by atoms with Crippen molar-refractivity contribution < 1.29 is 9.53 Å². The second kappa shape index (κ2) is 5.62. The molecule has 5 heteroatoms. The summed E-state index contributed by atoms with van der Waals surface area (Å²) in [5.41, 5.74) is -0.0970. The van der Waals surface area contributed by atoms with Gasteiger partial charge in [0.15, 0.2) is 0 Å². The number of carbonyl (C=O) groups is 1. The maximum Gasteiger partial charge on any atom is 0.309 e. The Kier molecular flexibility index (Phi) is 4.71. The topological polar surface area (TPSA) is 51.0 Å². The Bertz CT molecular complexity index is 279. The molecule has 0 N–H and O–H groups in total. The van der Waals surface area contributed by atoms with E-state index in [1.54, 1.807) is 0 Å². The zero-order valence-corrected chi connectivity index (χ0v) is 10.8. The normalized spacial score (nSPS) is 29.2. The molecule has 1 aliphatic rings. The number of halogens is 1. The van der Waals surface area contributed by atoms with Gasteiger partial charge in [-0.25, -0.2) is 0 Å². The van der Waals surface area contributed by atoms with Gasteiger partial charge in [-0.1, -0.05) is 18.5 Å². The molecule has 92 valence electrons. The van der Waals surface area contributed by atoms with Crippen LogP contribution in [-0.4, -0.2) is 18.6 Å². The molecule has 0 aromatic rings. The van der Waals surface area contributed by atoms with Crippen LogP contribution in [0.1, 0.15) is 40.0 Å². The predicted octanol–water partition coefficient (Wildman–Crippen LogP) is 3.35. The van der Waals surface area contributed by atoms with Crippen molar-refractivity contribution in [3.63, 3.8) is 0 Å². The predicted molar refractivity (Wildman–Crippen MR) is 62.3 cm³/mol. The molecule has 16 heavy (non-hydrogen) atoms. The monoisotopic (exact) mass is 246 g/mol. The minimum Gasteiger partial charge on any atom is -0.466 e. The first kappa shape index (κ1) is 13.4. The Hall–Kier alpha value is -0.640. The molecule has 0 unspecified atom stereocenters. The lowest BCUT2D eigenvalue weighted by atomic mass is 9.67. The Morgan fingerprint density at radius 2 is 2.19 bits per heavy atom. The molecule has 1 aliphatic carbocycles.